The van der Waals surface area contributed by atoms with Crippen molar-refractivity contribution in [3.63, 3.8) is 0 Å². The van der Waals surface area contributed by atoms with Crippen molar-refractivity contribution in [2.24, 2.45) is 21.1 Å². The Morgan fingerprint density at radius 3 is 1.60 bits per heavy atom. The Labute approximate surface area is 97.3 Å². The molecular weight excluding hydrogens is 204 g/mol. The molecule has 0 N–H and O–H groups in total. The van der Waals surface area contributed by atoms with Crippen LogP contribution in [0.4, 0.5) is 0 Å². The van der Waals surface area contributed by atoms with Crippen molar-refractivity contribution in [1.29, 1.82) is 0 Å². The predicted molar refractivity (Wildman–Crippen MR) is 66.1 cm³/mol. The predicted octanol–water partition coefficient (Wildman–Crippen LogP) is 4.46. The van der Waals surface area contributed by atoms with Gasteiger partial charge in [0.25, 0.3) is 0 Å². The molecular formula is C12H22N2S. The summed E-state index contributed by atoms with van der Waals surface area (Å²) in [7, 11) is 0. The van der Waals surface area contributed by atoms with Gasteiger partial charge in [-0.05, 0) is 26.7 Å². The van der Waals surface area contributed by atoms with E-state index in [2.05, 4.69) is 46.7 Å². The molecule has 1 spiro atoms. The lowest BCUT2D eigenvalue weighted by Crippen LogP contribution is -2.44. The first-order valence-corrected chi connectivity index (χ1v) is 6.58. The third kappa shape index (κ3) is 1.38. The number of hydrogen-bond donors (Lipinski definition) is 0. The van der Waals surface area contributed by atoms with Crippen molar-refractivity contribution < 1.29 is 0 Å². The Kier molecular flexibility index (Phi) is 2.13. The van der Waals surface area contributed by atoms with Crippen molar-refractivity contribution in [1.82, 2.24) is 0 Å². The molecule has 0 saturated heterocycles. The first kappa shape index (κ1) is 11.4. The summed E-state index contributed by atoms with van der Waals surface area (Å²) < 4.78 is 0. The van der Waals surface area contributed by atoms with Crippen molar-refractivity contribution in [2.45, 2.75) is 64.1 Å². The molecule has 1 aliphatic carbocycles. The van der Waals surface area contributed by atoms with Crippen LogP contribution in [0.15, 0.2) is 10.2 Å². The summed E-state index contributed by atoms with van der Waals surface area (Å²) in [6.07, 6.45) is 2.50. The summed E-state index contributed by atoms with van der Waals surface area (Å²) in [5.41, 5.74) is 0.525. The summed E-state index contributed by atoms with van der Waals surface area (Å²) in [5.74, 6) is 0. The minimum absolute atomic E-state index is 0.0104. The summed E-state index contributed by atoms with van der Waals surface area (Å²) in [4.78, 5) is -0.0532. The van der Waals surface area contributed by atoms with Gasteiger partial charge in [0.15, 0.2) is 0 Å². The van der Waals surface area contributed by atoms with Gasteiger partial charge in [-0.2, -0.15) is 10.2 Å². The first-order valence-electron chi connectivity index (χ1n) is 5.76. The summed E-state index contributed by atoms with van der Waals surface area (Å²) in [5, 5.41) is 9.20. The SMILES string of the molecule is CC1(C)N=NC2(S1)C(C)(C)CCC2(C)C. The maximum absolute atomic E-state index is 4.71. The van der Waals surface area contributed by atoms with Gasteiger partial charge in [0.1, 0.15) is 9.74 Å². The van der Waals surface area contributed by atoms with Crippen LogP contribution >= 0.6 is 11.8 Å². The second-order valence-electron chi connectivity index (χ2n) is 6.66. The van der Waals surface area contributed by atoms with Crippen LogP contribution in [0.1, 0.15) is 54.4 Å². The minimum Gasteiger partial charge on any atom is -0.175 e. The average Bonchev–Trinajstić information content (AvgIpc) is 2.47. The van der Waals surface area contributed by atoms with Crippen LogP contribution in [0.3, 0.4) is 0 Å². The standard InChI is InChI=1S/C12H22N2S/c1-9(2)7-8-10(3,4)12(9)14-13-11(5,6)15-12/h7-8H2,1-6H3. The summed E-state index contributed by atoms with van der Waals surface area (Å²) in [6.45, 7) is 13.7. The maximum Gasteiger partial charge on any atom is 0.139 e. The van der Waals surface area contributed by atoms with E-state index in [4.69, 9.17) is 5.11 Å². The zero-order chi connectivity index (χ0) is 11.5. The van der Waals surface area contributed by atoms with Crippen molar-refractivity contribution in [3.05, 3.63) is 0 Å². The molecule has 0 aromatic carbocycles. The van der Waals surface area contributed by atoms with E-state index in [0.717, 1.165) is 0 Å². The fraction of sp³-hybridized carbons (Fsp3) is 1.00. The largest absolute Gasteiger partial charge is 0.175 e. The van der Waals surface area contributed by atoms with Crippen LogP contribution in [0.25, 0.3) is 0 Å². The number of hydrogen-bond acceptors (Lipinski definition) is 3. The van der Waals surface area contributed by atoms with E-state index in [9.17, 15) is 0 Å². The molecule has 0 amide bonds. The smallest absolute Gasteiger partial charge is 0.139 e. The molecule has 0 atom stereocenters. The molecule has 1 saturated carbocycles. The van der Waals surface area contributed by atoms with E-state index >= 15 is 0 Å². The molecule has 0 aromatic heterocycles. The second-order valence-corrected chi connectivity index (χ2v) is 8.45. The third-order valence-electron chi connectivity index (χ3n) is 4.04. The normalized spacial score (nSPS) is 33.7. The molecule has 0 unspecified atom stereocenters. The Morgan fingerprint density at radius 2 is 1.27 bits per heavy atom. The van der Waals surface area contributed by atoms with Crippen molar-refractivity contribution in [3.8, 4) is 0 Å². The highest BCUT2D eigenvalue weighted by Gasteiger charge is 2.64. The van der Waals surface area contributed by atoms with Gasteiger partial charge in [0.2, 0.25) is 0 Å². The fourth-order valence-electron chi connectivity index (χ4n) is 3.02. The van der Waals surface area contributed by atoms with Crippen LogP contribution in [0.2, 0.25) is 0 Å². The third-order valence-corrected chi connectivity index (χ3v) is 6.10. The van der Waals surface area contributed by atoms with Crippen LogP contribution < -0.4 is 0 Å². The lowest BCUT2D eigenvalue weighted by atomic mass is 9.78. The van der Waals surface area contributed by atoms with Gasteiger partial charge in [-0.1, -0.05) is 39.5 Å². The Bertz CT molecular complexity index is 300. The first-order chi connectivity index (χ1) is 6.62. The minimum atomic E-state index is -0.0428. The molecule has 15 heavy (non-hydrogen) atoms. The van der Waals surface area contributed by atoms with Gasteiger partial charge in [0, 0.05) is 10.8 Å². The molecule has 86 valence electrons. The fourth-order valence-corrected chi connectivity index (χ4v) is 4.66. The lowest BCUT2D eigenvalue weighted by Gasteiger charge is -2.43. The van der Waals surface area contributed by atoms with Crippen molar-refractivity contribution in [2.75, 3.05) is 0 Å². The zero-order valence-corrected chi connectivity index (χ0v) is 11.5. The van der Waals surface area contributed by atoms with E-state index in [1.807, 2.05) is 11.8 Å². The molecule has 0 radical (unpaired) electrons. The highest BCUT2D eigenvalue weighted by Crippen LogP contribution is 2.68. The van der Waals surface area contributed by atoms with Gasteiger partial charge >= 0.3 is 0 Å². The summed E-state index contributed by atoms with van der Waals surface area (Å²) >= 11 is 1.96. The topological polar surface area (TPSA) is 24.7 Å². The number of azo groups is 1. The van der Waals surface area contributed by atoms with Gasteiger partial charge in [-0.15, -0.1) is 0 Å². The Morgan fingerprint density at radius 1 is 0.800 bits per heavy atom. The van der Waals surface area contributed by atoms with Crippen LogP contribution in [-0.4, -0.2) is 9.74 Å². The summed E-state index contributed by atoms with van der Waals surface area (Å²) in [6, 6.07) is 0. The Hall–Kier alpha value is -0.0500. The van der Waals surface area contributed by atoms with Crippen molar-refractivity contribution >= 4 is 11.8 Å². The molecule has 1 heterocycles. The maximum atomic E-state index is 4.71. The van der Waals surface area contributed by atoms with E-state index < -0.39 is 0 Å². The number of rotatable bonds is 0. The average molecular weight is 226 g/mol. The van der Waals surface area contributed by atoms with E-state index in [0.29, 0.717) is 0 Å². The second kappa shape index (κ2) is 2.79. The molecule has 0 bridgehead atoms. The zero-order valence-electron chi connectivity index (χ0n) is 10.7. The monoisotopic (exact) mass is 226 g/mol. The van der Waals surface area contributed by atoms with Gasteiger partial charge in [-0.3, -0.25) is 0 Å². The van der Waals surface area contributed by atoms with Crippen LogP contribution in [0, 0.1) is 10.8 Å². The molecule has 2 nitrogen and oxygen atoms in total. The highest BCUT2D eigenvalue weighted by atomic mass is 32.2. The van der Waals surface area contributed by atoms with Crippen LogP contribution in [-0.2, 0) is 0 Å². The van der Waals surface area contributed by atoms with Gasteiger partial charge < -0.3 is 0 Å². The molecule has 2 aliphatic rings. The van der Waals surface area contributed by atoms with E-state index in [-0.39, 0.29) is 20.6 Å². The van der Waals surface area contributed by atoms with E-state index in [1.54, 1.807) is 0 Å². The molecule has 1 fully saturated rings. The quantitative estimate of drug-likeness (QED) is 0.598. The highest BCUT2D eigenvalue weighted by molar-refractivity contribution is 8.02. The van der Waals surface area contributed by atoms with Gasteiger partial charge in [-0.25, -0.2) is 0 Å². The molecule has 2 rings (SSSR count). The Balaban J connectivity index is 2.46. The lowest BCUT2D eigenvalue weighted by molar-refractivity contribution is 0.205. The van der Waals surface area contributed by atoms with E-state index in [1.165, 1.54) is 12.8 Å². The van der Waals surface area contributed by atoms with Gasteiger partial charge in [0.05, 0.1) is 0 Å². The number of thioether (sulfide) groups is 1. The molecule has 0 aromatic rings. The molecule has 3 heteroatoms. The molecule has 1 aliphatic heterocycles. The number of nitrogens with zero attached hydrogens (tertiary/aromatic N) is 2. The van der Waals surface area contributed by atoms with Crippen LogP contribution in [0.5, 0.6) is 0 Å².